The van der Waals surface area contributed by atoms with E-state index in [1.807, 2.05) is 0 Å². The van der Waals surface area contributed by atoms with Crippen LogP contribution in [0.15, 0.2) is 23.1 Å². The molecule has 2 heterocycles. The molecule has 7 heteroatoms. The number of aromatic nitrogens is 1. The van der Waals surface area contributed by atoms with Crippen LogP contribution in [0.1, 0.15) is 16.8 Å². The second-order valence-corrected chi connectivity index (χ2v) is 6.61. The molecule has 0 saturated carbocycles. The first-order valence-corrected chi connectivity index (χ1v) is 7.38. The smallest absolute Gasteiger partial charge is 0.260 e. The Hall–Kier alpha value is -1.63. The molecule has 0 spiro atoms. The zero-order valence-electron chi connectivity index (χ0n) is 9.92. The average molecular weight is 270 g/mol. The summed E-state index contributed by atoms with van der Waals surface area (Å²) in [6, 6.07) is 2.65. The summed E-state index contributed by atoms with van der Waals surface area (Å²) in [6.07, 6.45) is 1.87. The number of nitrogens with one attached hydrogen (secondary N) is 1. The van der Waals surface area contributed by atoms with Crippen LogP contribution in [-0.4, -0.2) is 48.8 Å². The number of aromatic amines is 1. The maximum Gasteiger partial charge on any atom is 0.260 e. The Morgan fingerprint density at radius 2 is 2.22 bits per heavy atom. The van der Waals surface area contributed by atoms with E-state index in [0.29, 0.717) is 6.42 Å². The predicted octanol–water partition coefficient (Wildman–Crippen LogP) is -0.366. The lowest BCUT2D eigenvalue weighted by Gasteiger charge is -2.22. The van der Waals surface area contributed by atoms with Gasteiger partial charge in [0.25, 0.3) is 11.5 Å². The van der Waals surface area contributed by atoms with E-state index in [-0.39, 0.29) is 23.1 Å². The molecule has 1 atom stereocenters. The van der Waals surface area contributed by atoms with Gasteiger partial charge in [0.2, 0.25) is 0 Å². The van der Waals surface area contributed by atoms with Crippen molar-refractivity contribution in [3.63, 3.8) is 0 Å². The van der Waals surface area contributed by atoms with E-state index < -0.39 is 21.3 Å². The Bertz CT molecular complexity index is 620. The van der Waals surface area contributed by atoms with Gasteiger partial charge in [0.1, 0.15) is 5.56 Å². The maximum atomic E-state index is 12.1. The molecular weight excluding hydrogens is 256 g/mol. The van der Waals surface area contributed by atoms with Gasteiger partial charge in [-0.25, -0.2) is 8.42 Å². The lowest BCUT2D eigenvalue weighted by molar-refractivity contribution is 0.0746. The third kappa shape index (κ3) is 2.45. The number of hydrogen-bond donors (Lipinski definition) is 1. The van der Waals surface area contributed by atoms with E-state index in [1.165, 1.54) is 24.2 Å². The number of nitrogens with zero attached hydrogens (tertiary/aromatic N) is 1. The van der Waals surface area contributed by atoms with Crippen LogP contribution in [0.25, 0.3) is 0 Å². The Morgan fingerprint density at radius 1 is 1.50 bits per heavy atom. The van der Waals surface area contributed by atoms with Crippen LogP contribution in [0.5, 0.6) is 0 Å². The minimum Gasteiger partial charge on any atom is -0.337 e. The van der Waals surface area contributed by atoms with E-state index in [2.05, 4.69) is 4.98 Å². The number of pyridine rings is 1. The molecule has 1 saturated heterocycles. The van der Waals surface area contributed by atoms with Gasteiger partial charge in [-0.15, -0.1) is 0 Å². The van der Waals surface area contributed by atoms with E-state index in [9.17, 15) is 18.0 Å². The van der Waals surface area contributed by atoms with Gasteiger partial charge in [-0.05, 0) is 18.6 Å². The van der Waals surface area contributed by atoms with Crippen molar-refractivity contribution in [2.45, 2.75) is 12.5 Å². The van der Waals surface area contributed by atoms with Gasteiger partial charge in [0.05, 0.1) is 11.5 Å². The second kappa shape index (κ2) is 4.56. The van der Waals surface area contributed by atoms with Gasteiger partial charge >= 0.3 is 0 Å². The van der Waals surface area contributed by atoms with Gasteiger partial charge in [-0.1, -0.05) is 0 Å². The van der Waals surface area contributed by atoms with Gasteiger partial charge in [-0.2, -0.15) is 0 Å². The quantitative estimate of drug-likeness (QED) is 0.794. The SMILES string of the molecule is CN(C(=O)c1ccc[nH]c1=O)C1CCS(=O)(=O)C1. The number of hydrogen-bond acceptors (Lipinski definition) is 4. The zero-order valence-corrected chi connectivity index (χ0v) is 10.7. The largest absolute Gasteiger partial charge is 0.337 e. The van der Waals surface area contributed by atoms with Gasteiger partial charge in [-0.3, -0.25) is 9.59 Å². The van der Waals surface area contributed by atoms with Crippen molar-refractivity contribution in [2.75, 3.05) is 18.6 Å². The summed E-state index contributed by atoms with van der Waals surface area (Å²) in [5, 5.41) is 0. The molecule has 1 aromatic heterocycles. The lowest BCUT2D eigenvalue weighted by Crippen LogP contribution is -2.40. The van der Waals surface area contributed by atoms with Crippen molar-refractivity contribution in [3.8, 4) is 0 Å². The second-order valence-electron chi connectivity index (χ2n) is 4.39. The average Bonchev–Trinajstić information content (AvgIpc) is 2.68. The highest BCUT2D eigenvalue weighted by Gasteiger charge is 2.33. The van der Waals surface area contributed by atoms with E-state index in [4.69, 9.17) is 0 Å². The molecule has 0 aromatic carbocycles. The molecule has 1 aromatic rings. The number of carbonyl (C=O) groups excluding carboxylic acids is 1. The van der Waals surface area contributed by atoms with Crippen molar-refractivity contribution < 1.29 is 13.2 Å². The minimum absolute atomic E-state index is 0.0278. The molecular formula is C11H14N2O4S. The molecule has 1 aliphatic heterocycles. The first-order valence-electron chi connectivity index (χ1n) is 5.56. The van der Waals surface area contributed by atoms with E-state index in [0.717, 1.165) is 0 Å². The molecule has 98 valence electrons. The van der Waals surface area contributed by atoms with Gasteiger partial charge < -0.3 is 9.88 Å². The fraction of sp³-hybridized carbons (Fsp3) is 0.455. The molecule has 18 heavy (non-hydrogen) atoms. The molecule has 0 bridgehead atoms. The number of amides is 1. The Morgan fingerprint density at radius 3 is 2.78 bits per heavy atom. The van der Waals surface area contributed by atoms with E-state index >= 15 is 0 Å². The van der Waals surface area contributed by atoms with Crippen molar-refractivity contribution >= 4 is 15.7 Å². The Kier molecular flexibility index (Phi) is 3.25. The molecule has 6 nitrogen and oxygen atoms in total. The Balaban J connectivity index is 2.21. The molecule has 0 radical (unpaired) electrons. The van der Waals surface area contributed by atoms with Crippen LogP contribution < -0.4 is 5.56 Å². The van der Waals surface area contributed by atoms with Crippen molar-refractivity contribution in [3.05, 3.63) is 34.2 Å². The molecule has 1 amide bonds. The summed E-state index contributed by atoms with van der Waals surface area (Å²) < 4.78 is 22.7. The first-order chi connectivity index (χ1) is 8.41. The van der Waals surface area contributed by atoms with E-state index in [1.54, 1.807) is 6.07 Å². The fourth-order valence-corrected chi connectivity index (χ4v) is 3.80. The van der Waals surface area contributed by atoms with Gasteiger partial charge in [0.15, 0.2) is 9.84 Å². The third-order valence-electron chi connectivity index (χ3n) is 3.13. The van der Waals surface area contributed by atoms with Crippen molar-refractivity contribution in [1.29, 1.82) is 0 Å². The monoisotopic (exact) mass is 270 g/mol. The highest BCUT2D eigenvalue weighted by Crippen LogP contribution is 2.17. The summed E-state index contributed by atoms with van der Waals surface area (Å²) >= 11 is 0. The highest BCUT2D eigenvalue weighted by atomic mass is 32.2. The predicted molar refractivity (Wildman–Crippen MR) is 66.2 cm³/mol. The van der Waals surface area contributed by atoms with Crippen molar-refractivity contribution in [1.82, 2.24) is 9.88 Å². The summed E-state index contributed by atoms with van der Waals surface area (Å²) in [7, 11) is -1.52. The maximum absolute atomic E-state index is 12.1. The zero-order chi connectivity index (χ0) is 13.3. The number of sulfone groups is 1. The van der Waals surface area contributed by atoms with Gasteiger partial charge in [0, 0.05) is 19.3 Å². The number of H-pyrrole nitrogens is 1. The summed E-state index contributed by atoms with van der Waals surface area (Å²) in [4.78, 5) is 27.3. The van der Waals surface area contributed by atoms with Crippen LogP contribution in [0, 0.1) is 0 Å². The first kappa shape index (κ1) is 12.8. The summed E-state index contributed by atoms with van der Waals surface area (Å²) in [6.45, 7) is 0. The Labute approximate surface area is 105 Å². The third-order valence-corrected chi connectivity index (χ3v) is 4.88. The number of rotatable bonds is 2. The topological polar surface area (TPSA) is 87.3 Å². The number of carbonyl (C=O) groups is 1. The molecule has 1 unspecified atom stereocenters. The normalized spacial score (nSPS) is 21.7. The molecule has 1 aliphatic rings. The molecule has 1 fully saturated rings. The minimum atomic E-state index is -3.05. The van der Waals surface area contributed by atoms with Crippen molar-refractivity contribution in [2.24, 2.45) is 0 Å². The molecule has 0 aliphatic carbocycles. The van der Waals surface area contributed by atoms with Crippen LogP contribution >= 0.6 is 0 Å². The van der Waals surface area contributed by atoms with Crippen LogP contribution in [0.2, 0.25) is 0 Å². The van der Waals surface area contributed by atoms with Crippen LogP contribution in [-0.2, 0) is 9.84 Å². The standard InChI is InChI=1S/C11H14N2O4S/c1-13(8-4-6-18(16,17)7-8)11(15)9-3-2-5-12-10(9)14/h2-3,5,8H,4,6-7H2,1H3,(H,12,14). The van der Waals surface area contributed by atoms with Crippen LogP contribution in [0.4, 0.5) is 0 Å². The molecule has 1 N–H and O–H groups in total. The highest BCUT2D eigenvalue weighted by molar-refractivity contribution is 7.91. The lowest BCUT2D eigenvalue weighted by atomic mass is 10.2. The fourth-order valence-electron chi connectivity index (χ4n) is 2.03. The molecule has 2 rings (SSSR count). The van der Waals surface area contributed by atoms with Crippen LogP contribution in [0.3, 0.4) is 0 Å². The summed E-state index contributed by atoms with van der Waals surface area (Å²) in [5.41, 5.74) is -0.431. The summed E-state index contributed by atoms with van der Waals surface area (Å²) in [5.74, 6) is -0.376.